The van der Waals surface area contributed by atoms with Gasteiger partial charge in [0.2, 0.25) is 5.91 Å². The first-order valence-electron chi connectivity index (χ1n) is 10.9. The molecular weight excluding hydrogens is 406 g/mol. The molecule has 0 saturated carbocycles. The number of nitrogens with one attached hydrogen (secondary N) is 2. The van der Waals surface area contributed by atoms with E-state index in [1.807, 2.05) is 31.2 Å². The summed E-state index contributed by atoms with van der Waals surface area (Å²) in [7, 11) is 0. The van der Waals surface area contributed by atoms with E-state index in [9.17, 15) is 9.59 Å². The first-order valence-corrected chi connectivity index (χ1v) is 10.9. The SMILES string of the molecule is Cc1ccc(-c2cnc(CCC(=O)Nc3ccccc3C(=O)NCC3CCCO3)o2)cc1. The zero-order valence-corrected chi connectivity index (χ0v) is 18.1. The third-order valence-electron chi connectivity index (χ3n) is 5.42. The monoisotopic (exact) mass is 433 g/mol. The van der Waals surface area contributed by atoms with Crippen LogP contribution in [0, 0.1) is 6.92 Å². The van der Waals surface area contributed by atoms with Crippen molar-refractivity contribution >= 4 is 17.5 Å². The van der Waals surface area contributed by atoms with Crippen molar-refractivity contribution in [2.45, 2.75) is 38.7 Å². The van der Waals surface area contributed by atoms with E-state index in [2.05, 4.69) is 15.6 Å². The molecule has 7 heteroatoms. The number of rotatable bonds is 8. The van der Waals surface area contributed by atoms with Crippen LogP contribution in [0.25, 0.3) is 11.3 Å². The van der Waals surface area contributed by atoms with Gasteiger partial charge in [-0.1, -0.05) is 42.0 Å². The average molecular weight is 434 g/mol. The highest BCUT2D eigenvalue weighted by atomic mass is 16.5. The molecule has 3 aromatic rings. The van der Waals surface area contributed by atoms with Crippen molar-refractivity contribution in [2.24, 2.45) is 0 Å². The van der Waals surface area contributed by atoms with Crippen molar-refractivity contribution in [3.63, 3.8) is 0 Å². The van der Waals surface area contributed by atoms with E-state index in [0.717, 1.165) is 25.0 Å². The first kappa shape index (κ1) is 21.8. The molecule has 1 unspecified atom stereocenters. The minimum Gasteiger partial charge on any atom is -0.441 e. The number of anilines is 1. The molecule has 2 N–H and O–H groups in total. The number of oxazole rings is 1. The van der Waals surface area contributed by atoms with Gasteiger partial charge < -0.3 is 19.8 Å². The summed E-state index contributed by atoms with van der Waals surface area (Å²) in [5.41, 5.74) is 3.03. The van der Waals surface area contributed by atoms with Gasteiger partial charge in [-0.05, 0) is 31.9 Å². The average Bonchev–Trinajstić information content (AvgIpc) is 3.49. The molecule has 0 radical (unpaired) electrons. The minimum atomic E-state index is -0.230. The summed E-state index contributed by atoms with van der Waals surface area (Å²) in [5.74, 6) is 0.735. The van der Waals surface area contributed by atoms with Crippen molar-refractivity contribution < 1.29 is 18.7 Å². The normalized spacial score (nSPS) is 15.5. The molecule has 2 heterocycles. The molecule has 166 valence electrons. The van der Waals surface area contributed by atoms with Gasteiger partial charge in [-0.3, -0.25) is 9.59 Å². The van der Waals surface area contributed by atoms with Gasteiger partial charge in [-0.15, -0.1) is 0 Å². The molecule has 7 nitrogen and oxygen atoms in total. The second-order valence-electron chi connectivity index (χ2n) is 7.92. The summed E-state index contributed by atoms with van der Waals surface area (Å²) in [6, 6.07) is 15.0. The number of hydrogen-bond acceptors (Lipinski definition) is 5. The Kier molecular flexibility index (Phi) is 6.97. The Hall–Kier alpha value is -3.45. The van der Waals surface area contributed by atoms with Gasteiger partial charge in [0.1, 0.15) is 0 Å². The number of para-hydroxylation sites is 1. The molecule has 0 aliphatic carbocycles. The molecule has 1 aliphatic rings. The van der Waals surface area contributed by atoms with E-state index < -0.39 is 0 Å². The highest BCUT2D eigenvalue weighted by Crippen LogP contribution is 2.22. The van der Waals surface area contributed by atoms with Crippen molar-refractivity contribution in [1.82, 2.24) is 10.3 Å². The van der Waals surface area contributed by atoms with Crippen molar-refractivity contribution in [3.05, 3.63) is 71.7 Å². The Balaban J connectivity index is 1.31. The van der Waals surface area contributed by atoms with Crippen LogP contribution in [-0.4, -0.2) is 36.1 Å². The molecule has 4 rings (SSSR count). The van der Waals surface area contributed by atoms with Crippen LogP contribution < -0.4 is 10.6 Å². The fraction of sp³-hybridized carbons (Fsp3) is 0.320. The molecule has 2 amide bonds. The van der Waals surface area contributed by atoms with Gasteiger partial charge in [-0.2, -0.15) is 0 Å². The predicted molar refractivity (Wildman–Crippen MR) is 121 cm³/mol. The van der Waals surface area contributed by atoms with Crippen LogP contribution in [-0.2, 0) is 16.0 Å². The molecule has 1 saturated heterocycles. The zero-order valence-electron chi connectivity index (χ0n) is 18.1. The van der Waals surface area contributed by atoms with Crippen LogP contribution >= 0.6 is 0 Å². The number of ether oxygens (including phenoxy) is 1. The largest absolute Gasteiger partial charge is 0.441 e. The lowest BCUT2D eigenvalue weighted by Gasteiger charge is -2.13. The number of carbonyl (C=O) groups excluding carboxylic acids is 2. The van der Waals surface area contributed by atoms with E-state index in [1.165, 1.54) is 5.56 Å². The summed E-state index contributed by atoms with van der Waals surface area (Å²) in [6.45, 7) is 3.23. The predicted octanol–water partition coefficient (Wildman–Crippen LogP) is 4.13. The quantitative estimate of drug-likeness (QED) is 0.557. The first-order chi connectivity index (χ1) is 15.6. The number of aryl methyl sites for hydroxylation is 2. The van der Waals surface area contributed by atoms with Crippen molar-refractivity contribution in [3.8, 4) is 11.3 Å². The Morgan fingerprint density at radius 1 is 1.12 bits per heavy atom. The molecule has 1 aliphatic heterocycles. The fourth-order valence-electron chi connectivity index (χ4n) is 3.61. The zero-order chi connectivity index (χ0) is 22.3. The standard InChI is InChI=1S/C25H27N3O4/c1-17-8-10-18(11-9-17)22-16-26-24(32-22)13-12-23(29)28-21-7-3-2-6-20(21)25(30)27-15-19-5-4-14-31-19/h2-3,6-11,16,19H,4-5,12-15H2,1H3,(H,27,30)(H,28,29). The fourth-order valence-corrected chi connectivity index (χ4v) is 3.61. The number of amides is 2. The Morgan fingerprint density at radius 2 is 1.94 bits per heavy atom. The van der Waals surface area contributed by atoms with Crippen LogP contribution in [0.4, 0.5) is 5.69 Å². The lowest BCUT2D eigenvalue weighted by Crippen LogP contribution is -2.32. The van der Waals surface area contributed by atoms with Gasteiger partial charge in [0, 0.05) is 31.6 Å². The van der Waals surface area contributed by atoms with Crippen LogP contribution in [0.2, 0.25) is 0 Å². The minimum absolute atomic E-state index is 0.0614. The molecule has 1 atom stereocenters. The Morgan fingerprint density at radius 3 is 2.72 bits per heavy atom. The van der Waals surface area contributed by atoms with E-state index in [0.29, 0.717) is 35.9 Å². The number of benzene rings is 2. The second kappa shape index (κ2) is 10.2. The molecule has 1 aromatic heterocycles. The lowest BCUT2D eigenvalue weighted by molar-refractivity contribution is -0.116. The third-order valence-corrected chi connectivity index (χ3v) is 5.42. The maximum atomic E-state index is 12.6. The van der Waals surface area contributed by atoms with E-state index >= 15 is 0 Å². The highest BCUT2D eigenvalue weighted by Gasteiger charge is 2.18. The molecule has 0 spiro atoms. The lowest BCUT2D eigenvalue weighted by atomic mass is 10.1. The third kappa shape index (κ3) is 5.62. The molecule has 32 heavy (non-hydrogen) atoms. The van der Waals surface area contributed by atoms with Gasteiger partial charge in [-0.25, -0.2) is 4.98 Å². The summed E-state index contributed by atoms with van der Waals surface area (Å²) in [6.07, 6.45) is 4.26. The Bertz CT molecular complexity index is 1070. The van der Waals surface area contributed by atoms with Gasteiger partial charge in [0.15, 0.2) is 11.7 Å². The number of aromatic nitrogens is 1. The van der Waals surface area contributed by atoms with Crippen LogP contribution in [0.5, 0.6) is 0 Å². The van der Waals surface area contributed by atoms with Crippen LogP contribution in [0.3, 0.4) is 0 Å². The summed E-state index contributed by atoms with van der Waals surface area (Å²) in [5, 5.41) is 5.73. The van der Waals surface area contributed by atoms with Crippen LogP contribution in [0.1, 0.15) is 41.1 Å². The van der Waals surface area contributed by atoms with Gasteiger partial charge in [0.05, 0.1) is 23.6 Å². The highest BCUT2D eigenvalue weighted by molar-refractivity contribution is 6.03. The van der Waals surface area contributed by atoms with Crippen molar-refractivity contribution in [2.75, 3.05) is 18.5 Å². The maximum Gasteiger partial charge on any atom is 0.253 e. The number of nitrogens with zero attached hydrogens (tertiary/aromatic N) is 1. The van der Waals surface area contributed by atoms with E-state index in [4.69, 9.17) is 9.15 Å². The smallest absolute Gasteiger partial charge is 0.253 e. The molecular formula is C25H27N3O4. The number of carbonyl (C=O) groups is 2. The van der Waals surface area contributed by atoms with Crippen LogP contribution in [0.15, 0.2) is 59.1 Å². The maximum absolute atomic E-state index is 12.6. The summed E-state index contributed by atoms with van der Waals surface area (Å²) < 4.78 is 11.3. The summed E-state index contributed by atoms with van der Waals surface area (Å²) in [4.78, 5) is 29.4. The van der Waals surface area contributed by atoms with Gasteiger partial charge in [0.25, 0.3) is 5.91 Å². The topological polar surface area (TPSA) is 93.5 Å². The number of hydrogen-bond donors (Lipinski definition) is 2. The summed E-state index contributed by atoms with van der Waals surface area (Å²) >= 11 is 0. The second-order valence-corrected chi connectivity index (χ2v) is 7.92. The molecule has 0 bridgehead atoms. The van der Waals surface area contributed by atoms with Crippen molar-refractivity contribution in [1.29, 1.82) is 0 Å². The van der Waals surface area contributed by atoms with E-state index in [1.54, 1.807) is 30.5 Å². The molecule has 2 aromatic carbocycles. The molecule has 1 fully saturated rings. The van der Waals surface area contributed by atoms with E-state index in [-0.39, 0.29) is 24.3 Å². The van der Waals surface area contributed by atoms with Gasteiger partial charge >= 0.3 is 0 Å². The Labute approximate surface area is 187 Å².